The summed E-state index contributed by atoms with van der Waals surface area (Å²) in [6.45, 7) is 9.31. The van der Waals surface area contributed by atoms with Gasteiger partial charge in [-0.05, 0) is 33.1 Å². The molecular formula is C14H24N2O5. The number of esters is 1. The molecule has 0 spiro atoms. The molecule has 7 heteroatoms. The molecule has 0 aromatic heterocycles. The molecule has 120 valence electrons. The topological polar surface area (TPSA) is 95.9 Å². The van der Waals surface area contributed by atoms with Crippen molar-refractivity contribution in [3.8, 4) is 0 Å². The van der Waals surface area contributed by atoms with Gasteiger partial charge >= 0.3 is 12.1 Å². The highest BCUT2D eigenvalue weighted by molar-refractivity contribution is 5.91. The molecule has 21 heavy (non-hydrogen) atoms. The largest absolute Gasteiger partial charge is 0.465 e. The number of carbonyl (C=O) groups excluding carboxylic acids is 2. The monoisotopic (exact) mass is 300 g/mol. The summed E-state index contributed by atoms with van der Waals surface area (Å²) >= 11 is 0. The van der Waals surface area contributed by atoms with Crippen molar-refractivity contribution < 1.29 is 24.2 Å². The standard InChI is InChI=1S/C14H24N2O5/c1-8(2)10(12(18)21-14(3,4)5)16-7-6-9(11(16)17)15-13(19)20/h8-10,15H,6-7H2,1-5H3,(H,19,20). The third-order valence-corrected chi connectivity index (χ3v) is 3.15. The Bertz CT molecular complexity index is 428. The van der Waals surface area contributed by atoms with Gasteiger partial charge in [0.15, 0.2) is 0 Å². The second kappa shape index (κ2) is 6.32. The molecule has 1 fully saturated rings. The first-order chi connectivity index (χ1) is 9.53. The van der Waals surface area contributed by atoms with Gasteiger partial charge in [-0.3, -0.25) is 4.79 Å². The molecule has 0 aliphatic carbocycles. The van der Waals surface area contributed by atoms with Crippen molar-refractivity contribution in [2.45, 2.75) is 58.7 Å². The minimum absolute atomic E-state index is 0.118. The average molecular weight is 300 g/mol. The van der Waals surface area contributed by atoms with Gasteiger partial charge in [-0.2, -0.15) is 0 Å². The van der Waals surface area contributed by atoms with Crippen LogP contribution >= 0.6 is 0 Å². The molecule has 2 amide bonds. The average Bonchev–Trinajstić information content (AvgIpc) is 2.58. The Kier molecular flexibility index (Phi) is 5.20. The lowest BCUT2D eigenvalue weighted by Crippen LogP contribution is -2.50. The lowest BCUT2D eigenvalue weighted by atomic mass is 10.0. The van der Waals surface area contributed by atoms with Crippen molar-refractivity contribution >= 4 is 18.0 Å². The number of rotatable bonds is 4. The zero-order valence-electron chi connectivity index (χ0n) is 13.2. The molecule has 7 nitrogen and oxygen atoms in total. The van der Waals surface area contributed by atoms with E-state index in [2.05, 4.69) is 5.32 Å². The Morgan fingerprint density at radius 1 is 1.38 bits per heavy atom. The lowest BCUT2D eigenvalue weighted by Gasteiger charge is -2.32. The van der Waals surface area contributed by atoms with Gasteiger partial charge in [0.05, 0.1) is 0 Å². The number of nitrogens with one attached hydrogen (secondary N) is 1. The Labute approximate surface area is 124 Å². The Morgan fingerprint density at radius 2 is 1.95 bits per heavy atom. The SMILES string of the molecule is CC(C)C(C(=O)OC(C)(C)C)N1CCC(NC(=O)O)C1=O. The van der Waals surface area contributed by atoms with Crippen LogP contribution in [0.4, 0.5) is 4.79 Å². The number of hydrogen-bond donors (Lipinski definition) is 2. The van der Waals surface area contributed by atoms with Crippen LogP contribution in [0.15, 0.2) is 0 Å². The first-order valence-corrected chi connectivity index (χ1v) is 7.05. The van der Waals surface area contributed by atoms with E-state index in [1.165, 1.54) is 4.90 Å². The van der Waals surface area contributed by atoms with Crippen LogP contribution in [0.1, 0.15) is 41.0 Å². The number of amides is 2. The second-order valence-corrected chi connectivity index (χ2v) is 6.54. The molecule has 2 atom stereocenters. The summed E-state index contributed by atoms with van der Waals surface area (Å²) in [6.07, 6.45) is -0.884. The van der Waals surface area contributed by atoms with E-state index in [9.17, 15) is 14.4 Å². The van der Waals surface area contributed by atoms with Gasteiger partial charge in [-0.25, -0.2) is 9.59 Å². The highest BCUT2D eigenvalue weighted by Crippen LogP contribution is 2.22. The number of hydrogen-bond acceptors (Lipinski definition) is 4. The summed E-state index contributed by atoms with van der Waals surface area (Å²) in [5, 5.41) is 10.9. The van der Waals surface area contributed by atoms with Crippen molar-refractivity contribution in [3.63, 3.8) is 0 Å². The minimum atomic E-state index is -1.24. The van der Waals surface area contributed by atoms with E-state index in [1.54, 1.807) is 20.8 Å². The molecule has 0 aromatic rings. The molecule has 0 aromatic carbocycles. The first kappa shape index (κ1) is 17.3. The molecule has 0 radical (unpaired) electrons. The van der Waals surface area contributed by atoms with Crippen LogP contribution in [-0.4, -0.2) is 52.2 Å². The number of nitrogens with zero attached hydrogens (tertiary/aromatic N) is 1. The fourth-order valence-corrected chi connectivity index (χ4v) is 2.38. The summed E-state index contributed by atoms with van der Waals surface area (Å²) in [4.78, 5) is 36.6. The van der Waals surface area contributed by atoms with E-state index in [0.29, 0.717) is 13.0 Å². The molecule has 1 heterocycles. The van der Waals surface area contributed by atoms with Crippen molar-refractivity contribution in [2.75, 3.05) is 6.54 Å². The van der Waals surface area contributed by atoms with Crippen molar-refractivity contribution in [1.82, 2.24) is 10.2 Å². The smallest absolute Gasteiger partial charge is 0.405 e. The zero-order valence-corrected chi connectivity index (χ0v) is 13.2. The van der Waals surface area contributed by atoms with E-state index in [-0.39, 0.29) is 11.8 Å². The van der Waals surface area contributed by atoms with Gasteiger partial charge in [0.2, 0.25) is 5.91 Å². The van der Waals surface area contributed by atoms with Crippen LogP contribution in [-0.2, 0) is 14.3 Å². The summed E-state index contributed by atoms with van der Waals surface area (Å²) in [7, 11) is 0. The van der Waals surface area contributed by atoms with E-state index >= 15 is 0 Å². The molecule has 2 N–H and O–H groups in total. The van der Waals surface area contributed by atoms with Crippen LogP contribution in [0.2, 0.25) is 0 Å². The predicted molar refractivity (Wildman–Crippen MR) is 75.7 cm³/mol. The van der Waals surface area contributed by atoms with Gasteiger partial charge in [-0.15, -0.1) is 0 Å². The Hall–Kier alpha value is -1.79. The second-order valence-electron chi connectivity index (χ2n) is 6.54. The van der Waals surface area contributed by atoms with Crippen LogP contribution in [0, 0.1) is 5.92 Å². The number of likely N-dealkylation sites (tertiary alicyclic amines) is 1. The molecule has 1 rings (SSSR count). The third kappa shape index (κ3) is 4.61. The van der Waals surface area contributed by atoms with Crippen LogP contribution < -0.4 is 5.32 Å². The molecule has 0 bridgehead atoms. The quantitative estimate of drug-likeness (QED) is 0.761. The van der Waals surface area contributed by atoms with Crippen LogP contribution in [0.25, 0.3) is 0 Å². The van der Waals surface area contributed by atoms with Gasteiger partial charge in [0, 0.05) is 6.54 Å². The van der Waals surface area contributed by atoms with Crippen LogP contribution in [0.3, 0.4) is 0 Å². The molecular weight excluding hydrogens is 276 g/mol. The normalized spacial score (nSPS) is 20.6. The number of carbonyl (C=O) groups is 3. The fraction of sp³-hybridized carbons (Fsp3) is 0.786. The first-order valence-electron chi connectivity index (χ1n) is 7.05. The minimum Gasteiger partial charge on any atom is -0.465 e. The summed E-state index contributed by atoms with van der Waals surface area (Å²) in [6, 6.07) is -1.48. The number of carboxylic acid groups (broad SMARTS) is 1. The summed E-state index contributed by atoms with van der Waals surface area (Å²) < 4.78 is 5.37. The maximum atomic E-state index is 12.3. The number of ether oxygens (including phenoxy) is 1. The van der Waals surface area contributed by atoms with E-state index in [4.69, 9.17) is 9.84 Å². The zero-order chi connectivity index (χ0) is 16.4. The van der Waals surface area contributed by atoms with Gasteiger partial charge in [0.25, 0.3) is 0 Å². The van der Waals surface area contributed by atoms with Gasteiger partial charge in [-0.1, -0.05) is 13.8 Å². The molecule has 0 saturated carbocycles. The molecule has 1 aliphatic rings. The lowest BCUT2D eigenvalue weighted by molar-refractivity contribution is -0.165. The molecule has 1 aliphatic heterocycles. The summed E-state index contributed by atoms with van der Waals surface area (Å²) in [5.74, 6) is -0.948. The third-order valence-electron chi connectivity index (χ3n) is 3.15. The fourth-order valence-electron chi connectivity index (χ4n) is 2.38. The Balaban J connectivity index is 2.85. The molecule has 1 saturated heterocycles. The van der Waals surface area contributed by atoms with Crippen molar-refractivity contribution in [1.29, 1.82) is 0 Å². The highest BCUT2D eigenvalue weighted by Gasteiger charge is 2.42. The van der Waals surface area contributed by atoms with Crippen LogP contribution in [0.5, 0.6) is 0 Å². The van der Waals surface area contributed by atoms with Crippen molar-refractivity contribution in [2.24, 2.45) is 5.92 Å². The summed E-state index contributed by atoms with van der Waals surface area (Å²) in [5.41, 5.74) is -0.633. The van der Waals surface area contributed by atoms with Gasteiger partial charge in [0.1, 0.15) is 17.7 Å². The van der Waals surface area contributed by atoms with Crippen molar-refractivity contribution in [3.05, 3.63) is 0 Å². The maximum absolute atomic E-state index is 12.3. The molecule has 2 unspecified atom stereocenters. The van der Waals surface area contributed by atoms with E-state index in [0.717, 1.165) is 0 Å². The van der Waals surface area contributed by atoms with E-state index < -0.39 is 29.7 Å². The Morgan fingerprint density at radius 3 is 2.38 bits per heavy atom. The maximum Gasteiger partial charge on any atom is 0.405 e. The van der Waals surface area contributed by atoms with E-state index in [1.807, 2.05) is 13.8 Å². The highest BCUT2D eigenvalue weighted by atomic mass is 16.6. The van der Waals surface area contributed by atoms with Gasteiger partial charge < -0.3 is 20.1 Å². The predicted octanol–water partition coefficient (Wildman–Crippen LogP) is 1.22.